The molecule has 0 atom stereocenters. The molecule has 1 saturated carbocycles. The summed E-state index contributed by atoms with van der Waals surface area (Å²) in [5.74, 6) is 0.884. The molecule has 1 fully saturated rings. The maximum atomic E-state index is 5.93. The second kappa shape index (κ2) is 10.3. The molecule has 0 spiro atoms. The summed E-state index contributed by atoms with van der Waals surface area (Å²) in [6.07, 6.45) is 10.2. The Kier molecular flexibility index (Phi) is 9.16. The summed E-state index contributed by atoms with van der Waals surface area (Å²) in [6.45, 7) is 7.13. The van der Waals surface area contributed by atoms with Gasteiger partial charge in [0.15, 0.2) is 5.96 Å². The Balaban J connectivity index is 2.06. The van der Waals surface area contributed by atoms with E-state index in [0.29, 0.717) is 6.10 Å². The van der Waals surface area contributed by atoms with Gasteiger partial charge in [-0.3, -0.25) is 4.99 Å². The highest BCUT2D eigenvalue weighted by molar-refractivity contribution is 7.99. The van der Waals surface area contributed by atoms with Gasteiger partial charge in [0.05, 0.1) is 6.10 Å². The Morgan fingerprint density at radius 2 is 1.95 bits per heavy atom. The summed E-state index contributed by atoms with van der Waals surface area (Å²) in [4.78, 5) is 4.26. The van der Waals surface area contributed by atoms with Crippen LogP contribution < -0.4 is 10.6 Å². The van der Waals surface area contributed by atoms with Crippen LogP contribution in [0, 0.1) is 0 Å². The maximum Gasteiger partial charge on any atom is 0.191 e. The largest absolute Gasteiger partial charge is 0.378 e. The Morgan fingerprint density at radius 3 is 2.57 bits per heavy atom. The van der Waals surface area contributed by atoms with Crippen molar-refractivity contribution >= 4 is 17.7 Å². The second-order valence-electron chi connectivity index (χ2n) is 6.30. The zero-order valence-electron chi connectivity index (χ0n) is 14.2. The molecule has 0 bridgehead atoms. The quantitative estimate of drug-likeness (QED) is 0.410. The summed E-state index contributed by atoms with van der Waals surface area (Å²) in [5, 5.41) is 6.73. The molecule has 4 nitrogen and oxygen atoms in total. The minimum atomic E-state index is 0.224. The van der Waals surface area contributed by atoms with Crippen molar-refractivity contribution in [3.05, 3.63) is 0 Å². The third-order valence-electron chi connectivity index (χ3n) is 3.98. The molecule has 5 heteroatoms. The number of aliphatic imine (C=N–C) groups is 1. The van der Waals surface area contributed by atoms with E-state index in [2.05, 4.69) is 35.7 Å². The van der Waals surface area contributed by atoms with E-state index in [9.17, 15) is 0 Å². The van der Waals surface area contributed by atoms with Crippen molar-refractivity contribution in [3.63, 3.8) is 0 Å². The van der Waals surface area contributed by atoms with Gasteiger partial charge in [-0.1, -0.05) is 19.3 Å². The predicted octanol–water partition coefficient (Wildman–Crippen LogP) is 3.03. The summed E-state index contributed by atoms with van der Waals surface area (Å²) in [5.41, 5.74) is 0. The molecule has 0 radical (unpaired) electrons. The molecule has 0 aromatic heterocycles. The molecular weight excluding hydrogens is 282 g/mol. The van der Waals surface area contributed by atoms with E-state index in [1.54, 1.807) is 0 Å². The highest BCUT2D eigenvalue weighted by atomic mass is 32.2. The van der Waals surface area contributed by atoms with E-state index in [-0.39, 0.29) is 4.75 Å². The summed E-state index contributed by atoms with van der Waals surface area (Å²) in [7, 11) is 1.82. The highest BCUT2D eigenvalue weighted by Gasteiger charge is 2.16. The smallest absolute Gasteiger partial charge is 0.191 e. The van der Waals surface area contributed by atoms with E-state index in [1.807, 2.05) is 18.8 Å². The first kappa shape index (κ1) is 18.6. The Labute approximate surface area is 134 Å². The van der Waals surface area contributed by atoms with Gasteiger partial charge in [0.25, 0.3) is 0 Å². The third kappa shape index (κ3) is 8.57. The van der Waals surface area contributed by atoms with Gasteiger partial charge in [-0.25, -0.2) is 0 Å². The fourth-order valence-electron chi connectivity index (χ4n) is 2.35. The molecule has 0 heterocycles. The number of hydrogen-bond donors (Lipinski definition) is 2. The SMILES string of the molecule is CN=C(NCCCOC1CCCCC1)NCC(C)(C)SC. The molecule has 1 rings (SSSR count). The molecule has 0 aliphatic heterocycles. The van der Waals surface area contributed by atoms with Gasteiger partial charge >= 0.3 is 0 Å². The van der Waals surface area contributed by atoms with Crippen LogP contribution in [-0.2, 0) is 4.74 Å². The lowest BCUT2D eigenvalue weighted by molar-refractivity contribution is 0.0277. The lowest BCUT2D eigenvalue weighted by Gasteiger charge is -2.24. The van der Waals surface area contributed by atoms with Gasteiger partial charge in [0.1, 0.15) is 0 Å². The first-order valence-electron chi connectivity index (χ1n) is 8.18. The zero-order chi connectivity index (χ0) is 15.6. The van der Waals surface area contributed by atoms with Crippen LogP contribution in [0.15, 0.2) is 4.99 Å². The number of hydrogen-bond acceptors (Lipinski definition) is 3. The molecule has 124 valence electrons. The average Bonchev–Trinajstić information content (AvgIpc) is 2.51. The highest BCUT2D eigenvalue weighted by Crippen LogP contribution is 2.20. The first-order chi connectivity index (χ1) is 10.1. The van der Waals surface area contributed by atoms with Gasteiger partial charge in [0.2, 0.25) is 0 Å². The van der Waals surface area contributed by atoms with Gasteiger partial charge in [0, 0.05) is 31.5 Å². The maximum absolute atomic E-state index is 5.93. The van der Waals surface area contributed by atoms with Crippen molar-refractivity contribution in [2.45, 2.75) is 63.2 Å². The van der Waals surface area contributed by atoms with Crippen LogP contribution in [-0.4, -0.2) is 49.8 Å². The van der Waals surface area contributed by atoms with Crippen LogP contribution in [0.2, 0.25) is 0 Å². The molecule has 2 N–H and O–H groups in total. The van der Waals surface area contributed by atoms with Crippen molar-refractivity contribution in [2.24, 2.45) is 4.99 Å². The molecule has 1 aliphatic rings. The van der Waals surface area contributed by atoms with Crippen molar-refractivity contribution in [3.8, 4) is 0 Å². The molecule has 0 unspecified atom stereocenters. The third-order valence-corrected chi connectivity index (χ3v) is 5.23. The minimum Gasteiger partial charge on any atom is -0.378 e. The van der Waals surface area contributed by atoms with Crippen molar-refractivity contribution in [1.29, 1.82) is 0 Å². The topological polar surface area (TPSA) is 45.7 Å². The van der Waals surface area contributed by atoms with E-state index < -0.39 is 0 Å². The Hall–Kier alpha value is -0.420. The molecule has 0 aromatic carbocycles. The molecule has 1 aliphatic carbocycles. The number of guanidine groups is 1. The normalized spacial score (nSPS) is 17.8. The second-order valence-corrected chi connectivity index (χ2v) is 7.81. The van der Waals surface area contributed by atoms with Crippen molar-refractivity contribution in [2.75, 3.05) is 33.0 Å². The monoisotopic (exact) mass is 315 g/mol. The van der Waals surface area contributed by atoms with Crippen LogP contribution >= 0.6 is 11.8 Å². The number of thioether (sulfide) groups is 1. The van der Waals surface area contributed by atoms with Gasteiger partial charge in [-0.2, -0.15) is 11.8 Å². The fraction of sp³-hybridized carbons (Fsp3) is 0.938. The van der Waals surface area contributed by atoms with Crippen LogP contribution in [0.3, 0.4) is 0 Å². The van der Waals surface area contributed by atoms with Crippen LogP contribution in [0.25, 0.3) is 0 Å². The van der Waals surface area contributed by atoms with Crippen molar-refractivity contribution < 1.29 is 4.74 Å². The number of nitrogens with one attached hydrogen (secondary N) is 2. The molecule has 0 aromatic rings. The Bertz CT molecular complexity index is 302. The van der Waals surface area contributed by atoms with Gasteiger partial charge in [-0.15, -0.1) is 0 Å². The lowest BCUT2D eigenvalue weighted by Crippen LogP contribution is -2.43. The van der Waals surface area contributed by atoms with E-state index in [4.69, 9.17) is 4.74 Å². The summed E-state index contributed by atoms with van der Waals surface area (Å²) in [6, 6.07) is 0. The number of nitrogens with zero attached hydrogens (tertiary/aromatic N) is 1. The number of rotatable bonds is 8. The molecular formula is C16H33N3OS. The van der Waals surface area contributed by atoms with Crippen LogP contribution in [0.4, 0.5) is 0 Å². The average molecular weight is 316 g/mol. The minimum absolute atomic E-state index is 0.224. The van der Waals surface area contributed by atoms with E-state index >= 15 is 0 Å². The summed E-state index contributed by atoms with van der Waals surface area (Å²) < 4.78 is 6.15. The first-order valence-corrected chi connectivity index (χ1v) is 9.41. The van der Waals surface area contributed by atoms with E-state index in [0.717, 1.165) is 32.1 Å². The van der Waals surface area contributed by atoms with Gasteiger partial charge < -0.3 is 15.4 Å². The Morgan fingerprint density at radius 1 is 1.24 bits per heavy atom. The van der Waals surface area contributed by atoms with Crippen molar-refractivity contribution in [1.82, 2.24) is 10.6 Å². The molecule has 21 heavy (non-hydrogen) atoms. The summed E-state index contributed by atoms with van der Waals surface area (Å²) >= 11 is 1.86. The molecule has 0 amide bonds. The van der Waals surface area contributed by atoms with Crippen LogP contribution in [0.1, 0.15) is 52.4 Å². The van der Waals surface area contributed by atoms with Crippen LogP contribution in [0.5, 0.6) is 0 Å². The molecule has 0 saturated heterocycles. The lowest BCUT2D eigenvalue weighted by atomic mass is 9.98. The fourth-order valence-corrected chi connectivity index (χ4v) is 2.57. The number of ether oxygens (including phenoxy) is 1. The standard InChI is InChI=1S/C16H33N3OS/c1-16(2,21-4)13-19-15(17-3)18-11-8-12-20-14-9-6-5-7-10-14/h14H,5-13H2,1-4H3,(H2,17,18,19). The predicted molar refractivity (Wildman–Crippen MR) is 94.4 cm³/mol. The van der Waals surface area contributed by atoms with Gasteiger partial charge in [-0.05, 0) is 39.4 Å². The van der Waals surface area contributed by atoms with E-state index in [1.165, 1.54) is 32.1 Å². The zero-order valence-corrected chi connectivity index (χ0v) is 15.0.